The van der Waals surface area contributed by atoms with Crippen LogP contribution in [0.3, 0.4) is 0 Å². The van der Waals surface area contributed by atoms with E-state index < -0.39 is 8.32 Å². The Morgan fingerprint density at radius 1 is 0.778 bits per heavy atom. The molecule has 3 aromatic rings. The summed E-state index contributed by atoms with van der Waals surface area (Å²) >= 11 is 0. The van der Waals surface area contributed by atoms with Crippen molar-refractivity contribution in [3.8, 4) is 0 Å². The van der Waals surface area contributed by atoms with E-state index in [4.69, 9.17) is 13.9 Å². The van der Waals surface area contributed by atoms with Crippen molar-refractivity contribution < 1.29 is 13.9 Å². The minimum Gasteiger partial charge on any atom is -0.407 e. The fraction of sp³-hybridized carbons (Fsp3) is 0.312. The number of hydrogen-bond donors (Lipinski definition) is 0. The molecule has 190 valence electrons. The van der Waals surface area contributed by atoms with Gasteiger partial charge in [0.05, 0.1) is 25.9 Å². The first kappa shape index (κ1) is 27.8. The van der Waals surface area contributed by atoms with E-state index in [1.54, 1.807) is 6.08 Å². The van der Waals surface area contributed by atoms with Crippen LogP contribution in [0, 0.1) is 5.92 Å². The maximum atomic E-state index is 7.15. The van der Waals surface area contributed by atoms with Gasteiger partial charge in [-0.25, -0.2) is 0 Å². The molecular weight excluding hydrogens is 460 g/mol. The highest BCUT2D eigenvalue weighted by atomic mass is 28.4. The topological polar surface area (TPSA) is 27.7 Å². The second kappa shape index (κ2) is 13.5. The molecule has 0 saturated heterocycles. The summed E-state index contributed by atoms with van der Waals surface area (Å²) in [5, 5.41) is 2.42. The van der Waals surface area contributed by atoms with E-state index in [0.717, 1.165) is 5.56 Å². The van der Waals surface area contributed by atoms with Crippen molar-refractivity contribution in [2.75, 3.05) is 19.8 Å². The quantitative estimate of drug-likeness (QED) is 0.196. The van der Waals surface area contributed by atoms with E-state index in [-0.39, 0.29) is 17.1 Å². The van der Waals surface area contributed by atoms with Crippen LogP contribution in [0.4, 0.5) is 0 Å². The molecule has 0 aliphatic rings. The minimum absolute atomic E-state index is 0.0395. The van der Waals surface area contributed by atoms with Gasteiger partial charge in [-0.3, -0.25) is 0 Å². The Balaban J connectivity index is 1.86. The van der Waals surface area contributed by atoms with Gasteiger partial charge in [0.2, 0.25) is 0 Å². The van der Waals surface area contributed by atoms with Crippen LogP contribution < -0.4 is 10.4 Å². The van der Waals surface area contributed by atoms with E-state index in [2.05, 4.69) is 107 Å². The molecule has 3 rings (SSSR count). The van der Waals surface area contributed by atoms with E-state index in [1.807, 2.05) is 24.3 Å². The third kappa shape index (κ3) is 6.92. The molecule has 0 fully saturated rings. The summed E-state index contributed by atoms with van der Waals surface area (Å²) in [6.07, 6.45) is 3.52. The SMILES string of the molecule is C=CCO[C@H](COCc1ccccc1)[C@H](C=C)CO[Si](c1ccccc1)(c1ccccc1)C(C)(C)C. The van der Waals surface area contributed by atoms with E-state index in [0.29, 0.717) is 26.4 Å². The lowest BCUT2D eigenvalue weighted by atomic mass is 10.0. The molecule has 0 spiro atoms. The molecule has 0 amide bonds. The minimum atomic E-state index is -2.65. The van der Waals surface area contributed by atoms with Gasteiger partial charge in [-0.05, 0) is 21.0 Å². The van der Waals surface area contributed by atoms with Crippen LogP contribution in [0.5, 0.6) is 0 Å². The van der Waals surface area contributed by atoms with Crippen LogP contribution in [0.1, 0.15) is 26.3 Å². The third-order valence-corrected chi connectivity index (χ3v) is 11.5. The summed E-state index contributed by atoms with van der Waals surface area (Å²) < 4.78 is 19.4. The summed E-state index contributed by atoms with van der Waals surface area (Å²) in [6, 6.07) is 31.6. The highest BCUT2D eigenvalue weighted by molar-refractivity contribution is 6.99. The Labute approximate surface area is 218 Å². The summed E-state index contributed by atoms with van der Waals surface area (Å²) in [6.45, 7) is 16.8. The normalized spacial score (nSPS) is 13.6. The smallest absolute Gasteiger partial charge is 0.261 e. The molecule has 0 radical (unpaired) electrons. The van der Waals surface area contributed by atoms with Crippen molar-refractivity contribution in [2.45, 2.75) is 38.5 Å². The average Bonchev–Trinajstić information content (AvgIpc) is 2.90. The molecule has 2 atom stereocenters. The fourth-order valence-corrected chi connectivity index (χ4v) is 9.26. The zero-order valence-electron chi connectivity index (χ0n) is 21.9. The zero-order chi connectivity index (χ0) is 25.9. The lowest BCUT2D eigenvalue weighted by Gasteiger charge is -2.44. The highest BCUT2D eigenvalue weighted by Gasteiger charge is 2.50. The van der Waals surface area contributed by atoms with Gasteiger partial charge in [0.15, 0.2) is 0 Å². The fourth-order valence-electron chi connectivity index (χ4n) is 4.66. The molecule has 0 aliphatic carbocycles. The lowest BCUT2D eigenvalue weighted by Crippen LogP contribution is -2.67. The van der Waals surface area contributed by atoms with E-state index >= 15 is 0 Å². The summed E-state index contributed by atoms with van der Waals surface area (Å²) in [5.41, 5.74) is 1.14. The van der Waals surface area contributed by atoms with Crippen LogP contribution in [0.25, 0.3) is 0 Å². The van der Waals surface area contributed by atoms with Crippen LogP contribution >= 0.6 is 0 Å². The average molecular weight is 501 g/mol. The largest absolute Gasteiger partial charge is 0.407 e. The standard InChI is InChI=1S/C32H40O3Si/c1-6-23-34-31(26-33-24-27-17-11-8-12-18-27)28(7-2)25-35-36(32(3,4)5,29-19-13-9-14-20-29)30-21-15-10-16-22-30/h6-22,28,31H,1-2,23-26H2,3-5H3/t28-,31-/m1/s1. The van der Waals surface area contributed by atoms with Crippen molar-refractivity contribution in [3.63, 3.8) is 0 Å². The lowest BCUT2D eigenvalue weighted by molar-refractivity contribution is -0.0397. The summed E-state index contributed by atoms with van der Waals surface area (Å²) in [5.74, 6) is -0.0395. The first-order valence-corrected chi connectivity index (χ1v) is 14.5. The van der Waals surface area contributed by atoms with Crippen molar-refractivity contribution >= 4 is 18.7 Å². The first-order valence-electron chi connectivity index (χ1n) is 12.6. The van der Waals surface area contributed by atoms with Gasteiger partial charge in [0, 0.05) is 12.5 Å². The molecule has 3 aromatic carbocycles. The maximum absolute atomic E-state index is 7.15. The monoisotopic (exact) mass is 500 g/mol. The summed E-state index contributed by atoms with van der Waals surface area (Å²) in [7, 11) is -2.65. The molecule has 36 heavy (non-hydrogen) atoms. The van der Waals surface area contributed by atoms with Gasteiger partial charge in [0.1, 0.15) is 0 Å². The van der Waals surface area contributed by atoms with Crippen LogP contribution in [-0.4, -0.2) is 34.2 Å². The predicted octanol–water partition coefficient (Wildman–Crippen LogP) is 6.15. The van der Waals surface area contributed by atoms with E-state index in [9.17, 15) is 0 Å². The molecule has 0 unspecified atom stereocenters. The van der Waals surface area contributed by atoms with Gasteiger partial charge < -0.3 is 13.9 Å². The Hall–Kier alpha value is -2.76. The third-order valence-electron chi connectivity index (χ3n) is 6.51. The van der Waals surface area contributed by atoms with Crippen molar-refractivity contribution in [1.82, 2.24) is 0 Å². The Morgan fingerprint density at radius 2 is 1.31 bits per heavy atom. The molecule has 4 heteroatoms. The van der Waals surface area contributed by atoms with Gasteiger partial charge in [-0.15, -0.1) is 13.2 Å². The van der Waals surface area contributed by atoms with Crippen molar-refractivity contribution in [3.05, 3.63) is 122 Å². The molecule has 0 saturated carbocycles. The predicted molar refractivity (Wildman–Crippen MR) is 153 cm³/mol. The van der Waals surface area contributed by atoms with Gasteiger partial charge in [-0.2, -0.15) is 0 Å². The van der Waals surface area contributed by atoms with Gasteiger partial charge in [0.25, 0.3) is 8.32 Å². The van der Waals surface area contributed by atoms with Crippen LogP contribution in [0.2, 0.25) is 5.04 Å². The number of ether oxygens (including phenoxy) is 2. The molecule has 0 N–H and O–H groups in total. The molecule has 0 bridgehead atoms. The number of hydrogen-bond acceptors (Lipinski definition) is 3. The molecule has 0 aliphatic heterocycles. The first-order chi connectivity index (χ1) is 17.4. The van der Waals surface area contributed by atoms with Crippen molar-refractivity contribution in [1.29, 1.82) is 0 Å². The second-order valence-corrected chi connectivity index (χ2v) is 14.3. The van der Waals surface area contributed by atoms with Crippen LogP contribution in [-0.2, 0) is 20.5 Å². The van der Waals surface area contributed by atoms with Gasteiger partial charge in [-0.1, -0.05) is 124 Å². The molecule has 0 aromatic heterocycles. The highest BCUT2D eigenvalue weighted by Crippen LogP contribution is 2.37. The maximum Gasteiger partial charge on any atom is 0.261 e. The molecule has 3 nitrogen and oxygen atoms in total. The zero-order valence-corrected chi connectivity index (χ0v) is 22.9. The number of benzene rings is 3. The van der Waals surface area contributed by atoms with Crippen LogP contribution in [0.15, 0.2) is 116 Å². The van der Waals surface area contributed by atoms with Gasteiger partial charge >= 0.3 is 0 Å². The molecular formula is C32H40O3Si. The Bertz CT molecular complexity index is 1010. The summed E-state index contributed by atoms with van der Waals surface area (Å²) in [4.78, 5) is 0. The Kier molecular flexibility index (Phi) is 10.4. The van der Waals surface area contributed by atoms with E-state index in [1.165, 1.54) is 10.4 Å². The second-order valence-electron chi connectivity index (χ2n) is 10.0. The molecule has 0 heterocycles. The Morgan fingerprint density at radius 3 is 1.78 bits per heavy atom. The number of rotatable bonds is 14. The van der Waals surface area contributed by atoms with Crippen molar-refractivity contribution in [2.24, 2.45) is 5.92 Å².